The Morgan fingerprint density at radius 3 is 2.82 bits per heavy atom. The van der Waals surface area contributed by atoms with Crippen molar-refractivity contribution in [3.05, 3.63) is 58.2 Å². The van der Waals surface area contributed by atoms with Gasteiger partial charge in [-0.2, -0.15) is 0 Å². The van der Waals surface area contributed by atoms with Crippen molar-refractivity contribution in [3.63, 3.8) is 0 Å². The Labute approximate surface area is 108 Å². The van der Waals surface area contributed by atoms with E-state index in [1.165, 1.54) is 12.1 Å². The van der Waals surface area contributed by atoms with E-state index >= 15 is 0 Å². The van der Waals surface area contributed by atoms with Crippen LogP contribution in [0.15, 0.2) is 45.5 Å². The maximum Gasteiger partial charge on any atom is 0.169 e. The third-order valence-electron chi connectivity index (χ3n) is 2.52. The minimum absolute atomic E-state index is 0.0876. The first kappa shape index (κ1) is 12.3. The number of halogens is 2. The molecule has 90 valence electrons. The summed E-state index contributed by atoms with van der Waals surface area (Å²) in [5, 5.41) is 3.27. The molecule has 17 heavy (non-hydrogen) atoms. The average Bonchev–Trinajstić information content (AvgIpc) is 2.73. The summed E-state index contributed by atoms with van der Waals surface area (Å²) in [5.41, 5.74) is 0.919. The fourth-order valence-corrected chi connectivity index (χ4v) is 1.90. The molecular formula is C13H13BrFNO. The van der Waals surface area contributed by atoms with Crippen LogP contribution in [0.1, 0.15) is 24.3 Å². The van der Waals surface area contributed by atoms with Crippen LogP contribution in [0.3, 0.4) is 0 Å². The summed E-state index contributed by atoms with van der Waals surface area (Å²) < 4.78 is 19.1. The van der Waals surface area contributed by atoms with E-state index in [1.54, 1.807) is 6.07 Å². The van der Waals surface area contributed by atoms with Gasteiger partial charge in [-0.25, -0.2) is 4.39 Å². The SMILES string of the molecule is CC(NCc1cccc(F)c1)c1ccc(Br)o1. The Hall–Kier alpha value is -1.13. The fraction of sp³-hybridized carbons (Fsp3) is 0.231. The monoisotopic (exact) mass is 297 g/mol. The first-order chi connectivity index (χ1) is 8.15. The largest absolute Gasteiger partial charge is 0.453 e. The van der Waals surface area contributed by atoms with Crippen LogP contribution in [0.25, 0.3) is 0 Å². The summed E-state index contributed by atoms with van der Waals surface area (Å²) in [4.78, 5) is 0. The van der Waals surface area contributed by atoms with Crippen molar-refractivity contribution in [1.29, 1.82) is 0 Å². The molecule has 0 spiro atoms. The molecular weight excluding hydrogens is 285 g/mol. The highest BCUT2D eigenvalue weighted by atomic mass is 79.9. The zero-order chi connectivity index (χ0) is 12.3. The number of hydrogen-bond acceptors (Lipinski definition) is 2. The van der Waals surface area contributed by atoms with Crippen LogP contribution in [0.5, 0.6) is 0 Å². The van der Waals surface area contributed by atoms with E-state index < -0.39 is 0 Å². The van der Waals surface area contributed by atoms with Crippen LogP contribution in [-0.4, -0.2) is 0 Å². The lowest BCUT2D eigenvalue weighted by Gasteiger charge is -2.11. The Morgan fingerprint density at radius 1 is 1.35 bits per heavy atom. The van der Waals surface area contributed by atoms with Gasteiger partial charge in [0.25, 0.3) is 0 Å². The van der Waals surface area contributed by atoms with Gasteiger partial charge in [-0.15, -0.1) is 0 Å². The molecule has 0 saturated carbocycles. The molecule has 4 heteroatoms. The van der Waals surface area contributed by atoms with E-state index in [4.69, 9.17) is 4.42 Å². The lowest BCUT2D eigenvalue weighted by molar-refractivity contribution is 0.417. The molecule has 0 fully saturated rings. The Bertz CT molecular complexity index is 498. The summed E-state index contributed by atoms with van der Waals surface area (Å²) in [6, 6.07) is 10.4. The normalized spacial score (nSPS) is 12.6. The predicted molar refractivity (Wildman–Crippen MR) is 68.1 cm³/mol. The minimum Gasteiger partial charge on any atom is -0.453 e. The van der Waals surface area contributed by atoms with Crippen LogP contribution < -0.4 is 5.32 Å². The van der Waals surface area contributed by atoms with E-state index in [1.807, 2.05) is 25.1 Å². The third-order valence-corrected chi connectivity index (χ3v) is 2.95. The van der Waals surface area contributed by atoms with Crippen LogP contribution in [0.4, 0.5) is 4.39 Å². The molecule has 1 aromatic carbocycles. The van der Waals surface area contributed by atoms with Crippen molar-refractivity contribution in [2.75, 3.05) is 0 Å². The molecule has 1 heterocycles. The number of furan rings is 1. The van der Waals surface area contributed by atoms with Gasteiger partial charge in [0.05, 0.1) is 6.04 Å². The minimum atomic E-state index is -0.210. The maximum atomic E-state index is 13.0. The van der Waals surface area contributed by atoms with Gasteiger partial charge in [0.2, 0.25) is 0 Å². The highest BCUT2D eigenvalue weighted by Gasteiger charge is 2.09. The topological polar surface area (TPSA) is 25.2 Å². The molecule has 1 aromatic heterocycles. The second-order valence-electron chi connectivity index (χ2n) is 3.87. The van der Waals surface area contributed by atoms with E-state index in [-0.39, 0.29) is 11.9 Å². The second-order valence-corrected chi connectivity index (χ2v) is 4.66. The lowest BCUT2D eigenvalue weighted by Crippen LogP contribution is -2.17. The van der Waals surface area contributed by atoms with Gasteiger partial charge in [0, 0.05) is 6.54 Å². The second kappa shape index (κ2) is 5.47. The molecule has 0 aliphatic carbocycles. The van der Waals surface area contributed by atoms with Crippen molar-refractivity contribution >= 4 is 15.9 Å². The summed E-state index contributed by atoms with van der Waals surface area (Å²) in [7, 11) is 0. The third kappa shape index (κ3) is 3.41. The van der Waals surface area contributed by atoms with Gasteiger partial charge in [0.15, 0.2) is 4.67 Å². The summed E-state index contributed by atoms with van der Waals surface area (Å²) in [6.07, 6.45) is 0. The van der Waals surface area contributed by atoms with E-state index in [9.17, 15) is 4.39 Å². The number of nitrogens with one attached hydrogen (secondary N) is 1. The highest BCUT2D eigenvalue weighted by Crippen LogP contribution is 2.20. The van der Waals surface area contributed by atoms with Gasteiger partial charge in [-0.05, 0) is 52.7 Å². The van der Waals surface area contributed by atoms with Gasteiger partial charge < -0.3 is 9.73 Å². The molecule has 2 aromatic rings. The molecule has 2 nitrogen and oxygen atoms in total. The van der Waals surface area contributed by atoms with Gasteiger partial charge in [-0.3, -0.25) is 0 Å². The lowest BCUT2D eigenvalue weighted by atomic mass is 10.2. The van der Waals surface area contributed by atoms with Crippen molar-refractivity contribution in [2.45, 2.75) is 19.5 Å². The van der Waals surface area contributed by atoms with Gasteiger partial charge in [-0.1, -0.05) is 12.1 Å². The number of hydrogen-bond donors (Lipinski definition) is 1. The molecule has 1 atom stereocenters. The standard InChI is InChI=1S/C13H13BrFNO/c1-9(12-5-6-13(14)17-12)16-8-10-3-2-4-11(15)7-10/h2-7,9,16H,8H2,1H3. The first-order valence-corrected chi connectivity index (χ1v) is 6.17. The molecule has 0 saturated heterocycles. The van der Waals surface area contributed by atoms with Gasteiger partial charge >= 0.3 is 0 Å². The Morgan fingerprint density at radius 2 is 2.18 bits per heavy atom. The van der Waals surface area contributed by atoms with Crippen LogP contribution in [-0.2, 0) is 6.54 Å². The van der Waals surface area contributed by atoms with Gasteiger partial charge in [0.1, 0.15) is 11.6 Å². The summed E-state index contributed by atoms with van der Waals surface area (Å²) in [5.74, 6) is 0.644. The molecule has 0 radical (unpaired) electrons. The summed E-state index contributed by atoms with van der Waals surface area (Å²) in [6.45, 7) is 2.61. The Balaban J connectivity index is 1.94. The van der Waals surface area contributed by atoms with Crippen molar-refractivity contribution in [1.82, 2.24) is 5.32 Å². The average molecular weight is 298 g/mol. The van der Waals surface area contributed by atoms with Crippen molar-refractivity contribution < 1.29 is 8.81 Å². The first-order valence-electron chi connectivity index (χ1n) is 5.38. The predicted octanol–water partition coefficient (Wildman–Crippen LogP) is 4.03. The highest BCUT2D eigenvalue weighted by molar-refractivity contribution is 9.10. The molecule has 0 amide bonds. The Kier molecular flexibility index (Phi) is 3.97. The number of rotatable bonds is 4. The molecule has 2 rings (SSSR count). The zero-order valence-corrected chi connectivity index (χ0v) is 11.0. The molecule has 0 aliphatic rings. The molecule has 1 unspecified atom stereocenters. The van der Waals surface area contributed by atoms with Crippen LogP contribution >= 0.6 is 15.9 Å². The maximum absolute atomic E-state index is 13.0. The van der Waals surface area contributed by atoms with Crippen LogP contribution in [0, 0.1) is 5.82 Å². The molecule has 0 aliphatic heterocycles. The smallest absolute Gasteiger partial charge is 0.169 e. The molecule has 1 N–H and O–H groups in total. The quantitative estimate of drug-likeness (QED) is 0.922. The summed E-state index contributed by atoms with van der Waals surface area (Å²) >= 11 is 3.26. The van der Waals surface area contributed by atoms with E-state index in [0.29, 0.717) is 11.2 Å². The fourth-order valence-electron chi connectivity index (χ4n) is 1.58. The zero-order valence-electron chi connectivity index (χ0n) is 9.41. The van der Waals surface area contributed by atoms with E-state index in [2.05, 4.69) is 21.2 Å². The van der Waals surface area contributed by atoms with E-state index in [0.717, 1.165) is 11.3 Å². The van der Waals surface area contributed by atoms with Crippen molar-refractivity contribution in [2.24, 2.45) is 0 Å². The van der Waals surface area contributed by atoms with Crippen molar-refractivity contribution in [3.8, 4) is 0 Å². The molecule has 0 bridgehead atoms. The number of benzene rings is 1. The van der Waals surface area contributed by atoms with Crippen LogP contribution in [0.2, 0.25) is 0 Å².